The van der Waals surface area contributed by atoms with Crippen molar-refractivity contribution in [3.05, 3.63) is 71.6 Å². The number of nitrogens with two attached hydrogens (primary N) is 1. The van der Waals surface area contributed by atoms with Crippen LogP contribution in [0.15, 0.2) is 48.8 Å². The number of hydrogen-bond donors (Lipinski definition) is 1. The maximum Gasteiger partial charge on any atom is 0.254 e. The Kier molecular flexibility index (Phi) is 3.92. The Morgan fingerprint density at radius 1 is 1.15 bits per heavy atom. The van der Waals surface area contributed by atoms with Crippen molar-refractivity contribution in [3.63, 3.8) is 0 Å². The number of carbonyl (C=O) groups excluding carboxylic acids is 1. The summed E-state index contributed by atoms with van der Waals surface area (Å²) in [4.78, 5) is 25.3. The molecule has 6 nitrogen and oxygen atoms in total. The van der Waals surface area contributed by atoms with Gasteiger partial charge in [0.25, 0.3) is 5.91 Å². The second-order valence-corrected chi connectivity index (χ2v) is 6.26. The quantitative estimate of drug-likeness (QED) is 0.606. The number of amides is 1. The summed E-state index contributed by atoms with van der Waals surface area (Å²) in [6, 6.07) is 9.94. The van der Waals surface area contributed by atoms with Gasteiger partial charge < -0.3 is 5.73 Å². The van der Waals surface area contributed by atoms with Crippen LogP contribution < -0.4 is 5.73 Å². The highest BCUT2D eigenvalue weighted by Gasteiger charge is 2.21. The molecule has 7 heteroatoms. The molecule has 0 fully saturated rings. The van der Waals surface area contributed by atoms with Crippen LogP contribution in [0.2, 0.25) is 0 Å². The van der Waals surface area contributed by atoms with Crippen molar-refractivity contribution in [2.24, 2.45) is 5.73 Å². The number of aromatic nitrogens is 4. The highest BCUT2D eigenvalue weighted by atomic mass is 19.1. The third-order valence-corrected chi connectivity index (χ3v) is 4.40. The van der Waals surface area contributed by atoms with Gasteiger partial charge in [-0.15, -0.1) is 0 Å². The van der Waals surface area contributed by atoms with E-state index in [0.717, 1.165) is 16.8 Å². The molecule has 134 valence electrons. The van der Waals surface area contributed by atoms with Gasteiger partial charge in [0.05, 0.1) is 11.2 Å². The number of aryl methyl sites for hydroxylation is 2. The van der Waals surface area contributed by atoms with E-state index in [1.165, 1.54) is 12.1 Å². The lowest BCUT2D eigenvalue weighted by molar-refractivity contribution is 0.0999. The first-order valence-corrected chi connectivity index (χ1v) is 8.32. The van der Waals surface area contributed by atoms with Crippen molar-refractivity contribution in [2.75, 3.05) is 0 Å². The summed E-state index contributed by atoms with van der Waals surface area (Å²) in [5.74, 6) is -0.148. The van der Waals surface area contributed by atoms with Crippen LogP contribution in [-0.4, -0.2) is 25.4 Å². The zero-order chi connectivity index (χ0) is 19.1. The first-order chi connectivity index (χ1) is 13.0. The number of nitrogens with zero attached hydrogens (tertiary/aromatic N) is 4. The van der Waals surface area contributed by atoms with Crippen molar-refractivity contribution in [2.45, 2.75) is 13.8 Å². The van der Waals surface area contributed by atoms with E-state index in [9.17, 15) is 9.18 Å². The fourth-order valence-electron chi connectivity index (χ4n) is 3.24. The summed E-state index contributed by atoms with van der Waals surface area (Å²) in [5.41, 5.74) is 8.57. The van der Waals surface area contributed by atoms with E-state index in [-0.39, 0.29) is 11.4 Å². The van der Waals surface area contributed by atoms with Crippen LogP contribution in [0.25, 0.3) is 28.1 Å². The van der Waals surface area contributed by atoms with Gasteiger partial charge in [0.15, 0.2) is 11.6 Å². The lowest BCUT2D eigenvalue weighted by Gasteiger charge is -2.14. The van der Waals surface area contributed by atoms with E-state index < -0.39 is 5.91 Å². The Hall–Kier alpha value is -3.61. The van der Waals surface area contributed by atoms with Crippen LogP contribution in [0.4, 0.5) is 4.39 Å². The fourth-order valence-corrected chi connectivity index (χ4v) is 3.24. The first kappa shape index (κ1) is 16.8. The molecule has 0 aliphatic rings. The topological polar surface area (TPSA) is 86.7 Å². The SMILES string of the molecule is Cc1nc(-c2cccnc2)nc(-n2c(C)cc3cc(F)ccc32)c1C(N)=O. The van der Waals surface area contributed by atoms with Crippen LogP contribution in [0.5, 0.6) is 0 Å². The molecule has 1 amide bonds. The molecule has 3 heterocycles. The largest absolute Gasteiger partial charge is 0.365 e. The highest BCUT2D eigenvalue weighted by Crippen LogP contribution is 2.28. The number of hydrogen-bond acceptors (Lipinski definition) is 4. The number of primary amides is 1. The number of fused-ring (bicyclic) bond motifs is 1. The number of benzene rings is 1. The standard InChI is InChI=1S/C20H16FN5O/c1-11-8-14-9-15(21)5-6-16(14)26(11)20-17(18(22)27)12(2)24-19(25-20)13-4-3-7-23-10-13/h3-10H,1-2H3,(H2,22,27). The zero-order valence-corrected chi connectivity index (χ0v) is 14.8. The Labute approximate surface area is 154 Å². The van der Waals surface area contributed by atoms with Crippen molar-refractivity contribution >= 4 is 16.8 Å². The van der Waals surface area contributed by atoms with Crippen LogP contribution in [0, 0.1) is 19.7 Å². The zero-order valence-electron chi connectivity index (χ0n) is 14.8. The molecule has 0 saturated carbocycles. The molecule has 0 aliphatic carbocycles. The van der Waals surface area contributed by atoms with Gasteiger partial charge in [-0.25, -0.2) is 14.4 Å². The molecule has 0 radical (unpaired) electrons. The van der Waals surface area contributed by atoms with Gasteiger partial charge in [0.1, 0.15) is 11.4 Å². The van der Waals surface area contributed by atoms with Gasteiger partial charge >= 0.3 is 0 Å². The maximum absolute atomic E-state index is 13.6. The van der Waals surface area contributed by atoms with Gasteiger partial charge in [0, 0.05) is 29.0 Å². The monoisotopic (exact) mass is 361 g/mol. The molecular weight excluding hydrogens is 345 g/mol. The van der Waals surface area contributed by atoms with Crippen molar-refractivity contribution < 1.29 is 9.18 Å². The number of rotatable bonds is 3. The molecule has 0 bridgehead atoms. The van der Waals surface area contributed by atoms with E-state index in [4.69, 9.17) is 5.73 Å². The predicted molar refractivity (Wildman–Crippen MR) is 100 cm³/mol. The van der Waals surface area contributed by atoms with Gasteiger partial charge in [-0.1, -0.05) is 0 Å². The van der Waals surface area contributed by atoms with E-state index in [0.29, 0.717) is 22.7 Å². The minimum Gasteiger partial charge on any atom is -0.365 e. The summed E-state index contributed by atoms with van der Waals surface area (Å²) in [5, 5.41) is 0.710. The maximum atomic E-state index is 13.6. The summed E-state index contributed by atoms with van der Waals surface area (Å²) >= 11 is 0. The minimum atomic E-state index is -0.622. The van der Waals surface area contributed by atoms with Crippen molar-refractivity contribution in [1.29, 1.82) is 0 Å². The van der Waals surface area contributed by atoms with E-state index in [2.05, 4.69) is 15.0 Å². The van der Waals surface area contributed by atoms with Crippen molar-refractivity contribution in [3.8, 4) is 17.2 Å². The highest BCUT2D eigenvalue weighted by molar-refractivity contribution is 5.98. The smallest absolute Gasteiger partial charge is 0.254 e. The Bertz CT molecular complexity index is 1180. The molecule has 0 unspecified atom stereocenters. The first-order valence-electron chi connectivity index (χ1n) is 8.32. The molecule has 2 N–H and O–H groups in total. The molecule has 0 saturated heterocycles. The van der Waals surface area contributed by atoms with Gasteiger partial charge in [-0.3, -0.25) is 14.3 Å². The second-order valence-electron chi connectivity index (χ2n) is 6.26. The molecule has 3 aromatic heterocycles. The number of pyridine rings is 1. The molecule has 0 aliphatic heterocycles. The van der Waals surface area contributed by atoms with E-state index in [1.807, 2.05) is 19.1 Å². The number of carbonyl (C=O) groups is 1. The van der Waals surface area contributed by atoms with Crippen LogP contribution in [-0.2, 0) is 0 Å². The normalized spacial score (nSPS) is 11.1. The van der Waals surface area contributed by atoms with Gasteiger partial charge in [-0.2, -0.15) is 0 Å². The van der Waals surface area contributed by atoms with Crippen LogP contribution >= 0.6 is 0 Å². The lowest BCUT2D eigenvalue weighted by Crippen LogP contribution is -2.19. The fraction of sp³-hybridized carbons (Fsp3) is 0.100. The van der Waals surface area contributed by atoms with Gasteiger partial charge in [-0.05, 0) is 50.2 Å². The van der Waals surface area contributed by atoms with Crippen molar-refractivity contribution in [1.82, 2.24) is 19.5 Å². The average molecular weight is 361 g/mol. The lowest BCUT2D eigenvalue weighted by atomic mass is 10.1. The average Bonchev–Trinajstić information content (AvgIpc) is 2.96. The molecule has 0 atom stereocenters. The minimum absolute atomic E-state index is 0.229. The number of halogens is 1. The Morgan fingerprint density at radius 3 is 2.67 bits per heavy atom. The third kappa shape index (κ3) is 2.83. The molecule has 4 rings (SSSR count). The Morgan fingerprint density at radius 2 is 1.96 bits per heavy atom. The summed E-state index contributed by atoms with van der Waals surface area (Å²) < 4.78 is 15.4. The van der Waals surface area contributed by atoms with Crippen LogP contribution in [0.3, 0.4) is 0 Å². The van der Waals surface area contributed by atoms with E-state index >= 15 is 0 Å². The molecule has 1 aromatic carbocycles. The van der Waals surface area contributed by atoms with Gasteiger partial charge in [0.2, 0.25) is 0 Å². The molecule has 4 aromatic rings. The Balaban J connectivity index is 2.06. The molecular formula is C20H16FN5O. The second kappa shape index (κ2) is 6.28. The predicted octanol–water partition coefficient (Wildman–Crippen LogP) is 3.34. The summed E-state index contributed by atoms with van der Waals surface area (Å²) in [6.07, 6.45) is 3.31. The van der Waals surface area contributed by atoms with Crippen LogP contribution in [0.1, 0.15) is 21.7 Å². The molecule has 27 heavy (non-hydrogen) atoms. The summed E-state index contributed by atoms with van der Waals surface area (Å²) in [7, 11) is 0. The molecule has 0 spiro atoms. The summed E-state index contributed by atoms with van der Waals surface area (Å²) in [6.45, 7) is 3.58. The van der Waals surface area contributed by atoms with E-state index in [1.54, 1.807) is 36.0 Å². The third-order valence-electron chi connectivity index (χ3n) is 4.40.